The fourth-order valence-electron chi connectivity index (χ4n) is 2.41. The minimum atomic E-state index is 0.768. The fourth-order valence-corrected chi connectivity index (χ4v) is 2.89. The van der Waals surface area contributed by atoms with E-state index in [1.807, 2.05) is 6.20 Å². The summed E-state index contributed by atoms with van der Waals surface area (Å²) in [6, 6.07) is 8.59. The summed E-state index contributed by atoms with van der Waals surface area (Å²) in [5, 5.41) is 10.3. The van der Waals surface area contributed by atoms with Crippen LogP contribution in [0, 0.1) is 3.57 Å². The van der Waals surface area contributed by atoms with E-state index in [4.69, 9.17) is 0 Å². The van der Waals surface area contributed by atoms with Crippen molar-refractivity contribution in [1.82, 2.24) is 19.6 Å². The predicted octanol–water partition coefficient (Wildman–Crippen LogP) is 3.47. The maximum Gasteiger partial charge on any atom is 0.0835 e. The SMILES string of the molecule is CCc1cc(Cn2ncc3ccc(I)cc32)n(CC)n1. The first-order valence-electron chi connectivity index (χ1n) is 6.88. The van der Waals surface area contributed by atoms with E-state index < -0.39 is 0 Å². The van der Waals surface area contributed by atoms with Gasteiger partial charge in [0.05, 0.1) is 29.6 Å². The smallest absolute Gasteiger partial charge is 0.0835 e. The van der Waals surface area contributed by atoms with Crippen LogP contribution in [0.4, 0.5) is 0 Å². The number of hydrogen-bond donors (Lipinski definition) is 0. The highest BCUT2D eigenvalue weighted by atomic mass is 127. The van der Waals surface area contributed by atoms with Crippen molar-refractivity contribution in [2.45, 2.75) is 33.4 Å². The highest BCUT2D eigenvalue weighted by molar-refractivity contribution is 14.1. The average Bonchev–Trinajstić information content (AvgIpc) is 3.03. The Morgan fingerprint density at radius 3 is 2.75 bits per heavy atom. The number of aryl methyl sites for hydroxylation is 2. The summed E-state index contributed by atoms with van der Waals surface area (Å²) in [4.78, 5) is 0. The van der Waals surface area contributed by atoms with Gasteiger partial charge < -0.3 is 0 Å². The lowest BCUT2D eigenvalue weighted by Crippen LogP contribution is -2.08. The Morgan fingerprint density at radius 1 is 1.15 bits per heavy atom. The molecular weight excluding hydrogens is 363 g/mol. The van der Waals surface area contributed by atoms with E-state index in [1.54, 1.807) is 0 Å². The van der Waals surface area contributed by atoms with Gasteiger partial charge in [0, 0.05) is 15.5 Å². The van der Waals surface area contributed by atoms with Crippen LogP contribution in [0.3, 0.4) is 0 Å². The number of benzene rings is 1. The van der Waals surface area contributed by atoms with Gasteiger partial charge in [-0.2, -0.15) is 10.2 Å². The molecule has 0 spiro atoms. The Bertz CT molecular complexity index is 741. The van der Waals surface area contributed by atoms with Crippen molar-refractivity contribution < 1.29 is 0 Å². The van der Waals surface area contributed by atoms with Crippen molar-refractivity contribution in [3.05, 3.63) is 45.4 Å². The molecule has 3 aromatic rings. The Balaban J connectivity index is 2.00. The second kappa shape index (κ2) is 5.55. The average molecular weight is 380 g/mol. The number of halogens is 1. The van der Waals surface area contributed by atoms with E-state index in [0.29, 0.717) is 0 Å². The van der Waals surface area contributed by atoms with E-state index in [-0.39, 0.29) is 0 Å². The van der Waals surface area contributed by atoms with E-state index in [2.05, 4.69) is 80.3 Å². The molecule has 0 aliphatic heterocycles. The van der Waals surface area contributed by atoms with Crippen molar-refractivity contribution in [3.63, 3.8) is 0 Å². The Labute approximate surface area is 131 Å². The third kappa shape index (κ3) is 2.46. The third-order valence-electron chi connectivity index (χ3n) is 3.49. The maximum absolute atomic E-state index is 4.60. The summed E-state index contributed by atoms with van der Waals surface area (Å²) in [6.07, 6.45) is 2.90. The zero-order chi connectivity index (χ0) is 14.1. The van der Waals surface area contributed by atoms with Gasteiger partial charge in [0.1, 0.15) is 0 Å². The number of rotatable bonds is 4. The molecule has 0 aliphatic carbocycles. The van der Waals surface area contributed by atoms with Crippen LogP contribution in [0.15, 0.2) is 30.5 Å². The molecule has 1 aromatic carbocycles. The first-order valence-corrected chi connectivity index (χ1v) is 7.95. The molecule has 0 amide bonds. The standard InChI is InChI=1S/C15H17IN4/c1-3-13-8-14(19(4-2)18-13)10-20-15-7-12(16)6-5-11(15)9-17-20/h5-9H,3-4,10H2,1-2H3. The van der Waals surface area contributed by atoms with Crippen LogP contribution >= 0.6 is 22.6 Å². The summed E-state index contributed by atoms with van der Waals surface area (Å²) in [7, 11) is 0. The van der Waals surface area contributed by atoms with E-state index in [1.165, 1.54) is 20.2 Å². The lowest BCUT2D eigenvalue weighted by atomic mass is 10.2. The number of fused-ring (bicyclic) bond motifs is 1. The largest absolute Gasteiger partial charge is 0.268 e. The molecule has 104 valence electrons. The highest BCUT2D eigenvalue weighted by Crippen LogP contribution is 2.18. The minimum absolute atomic E-state index is 0.768. The fraction of sp³-hybridized carbons (Fsp3) is 0.333. The topological polar surface area (TPSA) is 35.6 Å². The number of nitrogens with zero attached hydrogens (tertiary/aromatic N) is 4. The molecule has 0 bridgehead atoms. The van der Waals surface area contributed by atoms with Gasteiger partial charge in [0.2, 0.25) is 0 Å². The maximum atomic E-state index is 4.60. The lowest BCUT2D eigenvalue weighted by Gasteiger charge is -2.06. The molecule has 0 aliphatic rings. The molecule has 3 rings (SSSR count). The summed E-state index contributed by atoms with van der Waals surface area (Å²) >= 11 is 2.34. The first-order chi connectivity index (χ1) is 9.71. The van der Waals surface area contributed by atoms with Crippen molar-refractivity contribution >= 4 is 33.5 Å². The summed E-state index contributed by atoms with van der Waals surface area (Å²) in [5.41, 5.74) is 3.54. The quantitative estimate of drug-likeness (QED) is 0.650. The van der Waals surface area contributed by atoms with Crippen LogP contribution in [0.1, 0.15) is 25.2 Å². The van der Waals surface area contributed by atoms with Crippen LogP contribution in [-0.4, -0.2) is 19.6 Å². The first kappa shape index (κ1) is 13.6. The van der Waals surface area contributed by atoms with E-state index >= 15 is 0 Å². The second-order valence-electron chi connectivity index (χ2n) is 4.80. The van der Waals surface area contributed by atoms with Gasteiger partial charge in [-0.25, -0.2) is 0 Å². The summed E-state index contributed by atoms with van der Waals surface area (Å²) < 4.78 is 5.36. The zero-order valence-corrected chi connectivity index (χ0v) is 13.8. The van der Waals surface area contributed by atoms with E-state index in [0.717, 1.165) is 25.2 Å². The van der Waals surface area contributed by atoms with Crippen LogP contribution < -0.4 is 0 Å². The molecule has 0 radical (unpaired) electrons. The summed E-state index contributed by atoms with van der Waals surface area (Å²) in [6.45, 7) is 5.92. The Hall–Kier alpha value is -1.37. The van der Waals surface area contributed by atoms with Crippen molar-refractivity contribution in [1.29, 1.82) is 0 Å². The molecule has 20 heavy (non-hydrogen) atoms. The van der Waals surface area contributed by atoms with Crippen molar-refractivity contribution in [2.24, 2.45) is 0 Å². The van der Waals surface area contributed by atoms with Gasteiger partial charge in [-0.05, 0) is 54.1 Å². The molecule has 5 heteroatoms. The van der Waals surface area contributed by atoms with Gasteiger partial charge in [-0.3, -0.25) is 9.36 Å². The van der Waals surface area contributed by atoms with Gasteiger partial charge in [-0.1, -0.05) is 13.0 Å². The van der Waals surface area contributed by atoms with Crippen LogP contribution in [-0.2, 0) is 19.5 Å². The summed E-state index contributed by atoms with van der Waals surface area (Å²) in [5.74, 6) is 0. The normalized spacial score (nSPS) is 11.3. The number of hydrogen-bond acceptors (Lipinski definition) is 2. The van der Waals surface area contributed by atoms with Crippen LogP contribution in [0.2, 0.25) is 0 Å². The highest BCUT2D eigenvalue weighted by Gasteiger charge is 2.09. The second-order valence-corrected chi connectivity index (χ2v) is 6.05. The monoisotopic (exact) mass is 380 g/mol. The molecule has 0 saturated carbocycles. The third-order valence-corrected chi connectivity index (χ3v) is 4.17. The lowest BCUT2D eigenvalue weighted by molar-refractivity contribution is 0.581. The molecular formula is C15H17IN4. The Kier molecular flexibility index (Phi) is 3.78. The van der Waals surface area contributed by atoms with E-state index in [9.17, 15) is 0 Å². The van der Waals surface area contributed by atoms with Crippen LogP contribution in [0.5, 0.6) is 0 Å². The van der Waals surface area contributed by atoms with Gasteiger partial charge >= 0.3 is 0 Å². The molecule has 2 heterocycles. The molecule has 2 aromatic heterocycles. The molecule has 0 atom stereocenters. The van der Waals surface area contributed by atoms with Crippen LogP contribution in [0.25, 0.3) is 10.9 Å². The van der Waals surface area contributed by atoms with Gasteiger partial charge in [-0.15, -0.1) is 0 Å². The molecule has 0 N–H and O–H groups in total. The molecule has 0 unspecified atom stereocenters. The molecule has 0 fully saturated rings. The van der Waals surface area contributed by atoms with Crippen molar-refractivity contribution in [3.8, 4) is 0 Å². The number of aromatic nitrogens is 4. The zero-order valence-electron chi connectivity index (χ0n) is 11.7. The van der Waals surface area contributed by atoms with Crippen molar-refractivity contribution in [2.75, 3.05) is 0 Å². The minimum Gasteiger partial charge on any atom is -0.268 e. The molecule has 0 saturated heterocycles. The predicted molar refractivity (Wildman–Crippen MR) is 88.8 cm³/mol. The van der Waals surface area contributed by atoms with Gasteiger partial charge in [0.15, 0.2) is 0 Å². The molecule has 4 nitrogen and oxygen atoms in total. The Morgan fingerprint density at radius 2 is 2.00 bits per heavy atom. The van der Waals surface area contributed by atoms with Gasteiger partial charge in [0.25, 0.3) is 0 Å².